The minimum absolute atomic E-state index is 0.552. The van der Waals surface area contributed by atoms with E-state index in [1.165, 1.54) is 0 Å². The van der Waals surface area contributed by atoms with Crippen LogP contribution in [0.1, 0.15) is 22.3 Å². The van der Waals surface area contributed by atoms with Crippen LogP contribution in [0.2, 0.25) is 0 Å². The Bertz CT molecular complexity index is 1070. The average Bonchev–Trinajstić information content (AvgIpc) is 2.85. The van der Waals surface area contributed by atoms with Crippen molar-refractivity contribution in [1.82, 2.24) is 0 Å². The first-order chi connectivity index (χ1) is 16.0. The number of hydrogen-bond acceptors (Lipinski definition) is 2. The van der Waals surface area contributed by atoms with E-state index in [0.717, 1.165) is 11.1 Å². The summed E-state index contributed by atoms with van der Waals surface area (Å²) in [5, 5.41) is 0. The van der Waals surface area contributed by atoms with E-state index in [0.29, 0.717) is 34.1 Å². The first-order valence-electron chi connectivity index (χ1n) is 10.8. The molecule has 0 radical (unpaired) electrons. The SMILES string of the molecule is Cc1ccc(Oc2ccc(C(CF)(CF)c3ccc(Oc4ccc(C)cc4)cc3)cc2)cc1. The van der Waals surface area contributed by atoms with Crippen molar-refractivity contribution in [3.8, 4) is 23.0 Å². The Labute approximate surface area is 193 Å². The maximum absolute atomic E-state index is 14.4. The van der Waals surface area contributed by atoms with Gasteiger partial charge in [0.25, 0.3) is 0 Å². The summed E-state index contributed by atoms with van der Waals surface area (Å²) < 4.78 is 40.4. The highest BCUT2D eigenvalue weighted by atomic mass is 19.1. The maximum Gasteiger partial charge on any atom is 0.127 e. The lowest BCUT2D eigenvalue weighted by Gasteiger charge is -2.29. The quantitative estimate of drug-likeness (QED) is 0.273. The van der Waals surface area contributed by atoms with Crippen LogP contribution in [0.4, 0.5) is 8.78 Å². The molecule has 168 valence electrons. The van der Waals surface area contributed by atoms with Gasteiger partial charge in [-0.15, -0.1) is 0 Å². The molecule has 0 atom stereocenters. The fraction of sp³-hybridized carbons (Fsp3) is 0.172. The molecule has 0 saturated heterocycles. The second kappa shape index (κ2) is 9.86. The Morgan fingerprint density at radius 3 is 1.03 bits per heavy atom. The zero-order chi connectivity index (χ0) is 23.3. The van der Waals surface area contributed by atoms with Crippen LogP contribution in [0.3, 0.4) is 0 Å². The predicted octanol–water partition coefficient (Wildman–Crippen LogP) is 8.11. The number of benzene rings is 4. The van der Waals surface area contributed by atoms with Crippen molar-refractivity contribution < 1.29 is 18.3 Å². The number of ether oxygens (including phenoxy) is 2. The van der Waals surface area contributed by atoms with Gasteiger partial charge in [0.1, 0.15) is 36.3 Å². The molecule has 0 saturated carbocycles. The summed E-state index contributed by atoms with van der Waals surface area (Å²) in [6.45, 7) is 2.29. The van der Waals surface area contributed by atoms with Gasteiger partial charge < -0.3 is 9.47 Å². The molecule has 33 heavy (non-hydrogen) atoms. The second-order valence-electron chi connectivity index (χ2n) is 8.23. The van der Waals surface area contributed by atoms with Crippen molar-refractivity contribution in [2.24, 2.45) is 0 Å². The summed E-state index contributed by atoms with van der Waals surface area (Å²) in [4.78, 5) is 0. The average molecular weight is 445 g/mol. The summed E-state index contributed by atoms with van der Waals surface area (Å²) in [7, 11) is 0. The molecule has 0 unspecified atom stereocenters. The zero-order valence-corrected chi connectivity index (χ0v) is 18.7. The lowest BCUT2D eigenvalue weighted by atomic mass is 9.76. The van der Waals surface area contributed by atoms with Gasteiger partial charge in [-0.2, -0.15) is 0 Å². The minimum Gasteiger partial charge on any atom is -0.457 e. The van der Waals surface area contributed by atoms with Crippen molar-refractivity contribution in [3.05, 3.63) is 119 Å². The summed E-state index contributed by atoms with van der Waals surface area (Å²) >= 11 is 0. The molecule has 0 amide bonds. The van der Waals surface area contributed by atoms with E-state index in [-0.39, 0.29) is 0 Å². The molecule has 0 fully saturated rings. The van der Waals surface area contributed by atoms with Crippen LogP contribution in [0.15, 0.2) is 97.1 Å². The van der Waals surface area contributed by atoms with E-state index in [1.54, 1.807) is 48.5 Å². The molecular formula is C29H26F2O2. The number of rotatable bonds is 8. The highest BCUT2D eigenvalue weighted by Crippen LogP contribution is 2.36. The molecule has 0 aromatic heterocycles. The molecule has 2 nitrogen and oxygen atoms in total. The van der Waals surface area contributed by atoms with Crippen LogP contribution in [0.5, 0.6) is 23.0 Å². The Morgan fingerprint density at radius 2 is 0.758 bits per heavy atom. The van der Waals surface area contributed by atoms with Gasteiger partial charge in [0.2, 0.25) is 0 Å². The fourth-order valence-corrected chi connectivity index (χ4v) is 3.68. The summed E-state index contributed by atoms with van der Waals surface area (Å²) in [5.41, 5.74) is 2.00. The van der Waals surface area contributed by atoms with Gasteiger partial charge >= 0.3 is 0 Å². The summed E-state index contributed by atoms with van der Waals surface area (Å²) in [5.74, 6) is 2.63. The van der Waals surface area contributed by atoms with Gasteiger partial charge in [0.05, 0.1) is 5.41 Å². The van der Waals surface area contributed by atoms with Crippen LogP contribution in [0.25, 0.3) is 0 Å². The Morgan fingerprint density at radius 1 is 0.485 bits per heavy atom. The third-order valence-corrected chi connectivity index (χ3v) is 5.78. The molecule has 4 rings (SSSR count). The molecule has 0 aliphatic rings. The molecule has 4 aromatic rings. The van der Waals surface area contributed by atoms with Gasteiger partial charge in [-0.1, -0.05) is 59.7 Å². The van der Waals surface area contributed by atoms with E-state index in [2.05, 4.69) is 0 Å². The van der Waals surface area contributed by atoms with Crippen LogP contribution in [-0.2, 0) is 5.41 Å². The fourth-order valence-electron chi connectivity index (χ4n) is 3.68. The standard InChI is InChI=1S/C29H26F2O2/c1-21-3-11-25(12-4-21)32-27-15-7-23(8-16-27)29(19-30,20-31)24-9-17-28(18-10-24)33-26-13-5-22(2)6-14-26/h3-18H,19-20H2,1-2H3. The molecule has 0 aliphatic heterocycles. The molecule has 4 aromatic carbocycles. The third kappa shape index (κ3) is 5.06. The van der Waals surface area contributed by atoms with Crippen LogP contribution in [0, 0.1) is 13.8 Å². The van der Waals surface area contributed by atoms with E-state index < -0.39 is 18.8 Å². The van der Waals surface area contributed by atoms with Crippen LogP contribution < -0.4 is 9.47 Å². The molecule has 0 aliphatic carbocycles. The highest BCUT2D eigenvalue weighted by molar-refractivity contribution is 5.45. The smallest absolute Gasteiger partial charge is 0.127 e. The number of aryl methyl sites for hydroxylation is 2. The Kier molecular flexibility index (Phi) is 6.74. The summed E-state index contributed by atoms with van der Waals surface area (Å²) in [6.07, 6.45) is 0. The topological polar surface area (TPSA) is 18.5 Å². The molecule has 0 N–H and O–H groups in total. The largest absolute Gasteiger partial charge is 0.457 e. The monoisotopic (exact) mass is 444 g/mol. The van der Waals surface area contributed by atoms with Gasteiger partial charge in [-0.05, 0) is 73.5 Å². The van der Waals surface area contributed by atoms with Gasteiger partial charge in [-0.3, -0.25) is 0 Å². The van der Waals surface area contributed by atoms with E-state index in [4.69, 9.17) is 9.47 Å². The normalized spacial score (nSPS) is 11.3. The van der Waals surface area contributed by atoms with Crippen molar-refractivity contribution >= 4 is 0 Å². The molecule has 0 spiro atoms. The van der Waals surface area contributed by atoms with Crippen LogP contribution >= 0.6 is 0 Å². The Hall–Kier alpha value is -3.66. The second-order valence-corrected chi connectivity index (χ2v) is 8.23. The van der Waals surface area contributed by atoms with Crippen molar-refractivity contribution in [2.75, 3.05) is 13.3 Å². The highest BCUT2D eigenvalue weighted by Gasteiger charge is 2.35. The minimum atomic E-state index is -1.38. The maximum atomic E-state index is 14.4. The predicted molar refractivity (Wildman–Crippen MR) is 128 cm³/mol. The van der Waals surface area contributed by atoms with Crippen molar-refractivity contribution in [2.45, 2.75) is 19.3 Å². The lowest BCUT2D eigenvalue weighted by molar-refractivity contribution is 0.278. The third-order valence-electron chi connectivity index (χ3n) is 5.78. The molecular weight excluding hydrogens is 418 g/mol. The first kappa shape index (κ1) is 22.5. The molecule has 4 heteroatoms. The number of hydrogen-bond donors (Lipinski definition) is 0. The summed E-state index contributed by atoms with van der Waals surface area (Å²) in [6, 6.07) is 29.3. The molecule has 0 bridgehead atoms. The van der Waals surface area contributed by atoms with Crippen molar-refractivity contribution in [1.29, 1.82) is 0 Å². The Balaban J connectivity index is 1.54. The lowest BCUT2D eigenvalue weighted by Crippen LogP contribution is -2.32. The van der Waals surface area contributed by atoms with E-state index in [9.17, 15) is 8.78 Å². The van der Waals surface area contributed by atoms with Gasteiger partial charge in [0.15, 0.2) is 0 Å². The van der Waals surface area contributed by atoms with Crippen LogP contribution in [-0.4, -0.2) is 13.3 Å². The van der Waals surface area contributed by atoms with Gasteiger partial charge in [-0.25, -0.2) is 8.78 Å². The number of alkyl halides is 2. The van der Waals surface area contributed by atoms with E-state index >= 15 is 0 Å². The first-order valence-corrected chi connectivity index (χ1v) is 10.8. The van der Waals surface area contributed by atoms with E-state index in [1.807, 2.05) is 62.4 Å². The van der Waals surface area contributed by atoms with Crippen molar-refractivity contribution in [3.63, 3.8) is 0 Å². The van der Waals surface area contributed by atoms with Gasteiger partial charge in [0, 0.05) is 0 Å². The zero-order valence-electron chi connectivity index (χ0n) is 18.7. The number of halogens is 2. The molecule has 0 heterocycles.